The van der Waals surface area contributed by atoms with Crippen molar-refractivity contribution in [2.45, 2.75) is 13.3 Å². The molecule has 0 heterocycles. The summed E-state index contributed by atoms with van der Waals surface area (Å²) in [7, 11) is -3.80. The molecule has 2 rings (SSSR count). The maximum Gasteiger partial charge on any atom is 0.232 e. The van der Waals surface area contributed by atoms with Crippen LogP contribution in [0.15, 0.2) is 42.5 Å². The molecule has 2 aromatic carbocycles. The number of anilines is 1. The summed E-state index contributed by atoms with van der Waals surface area (Å²) in [6, 6.07) is 10.1. The predicted octanol–water partition coefficient (Wildman–Crippen LogP) is 2.40. The minimum absolute atomic E-state index is 0.00536. The summed E-state index contributed by atoms with van der Waals surface area (Å²) in [5.41, 5.74) is 1.59. The zero-order chi connectivity index (χ0) is 19.3. The molecular weight excluding hydrogens is 362 g/mol. The summed E-state index contributed by atoms with van der Waals surface area (Å²) in [6.45, 7) is 1.72. The normalized spacial score (nSPS) is 11.2. The van der Waals surface area contributed by atoms with Crippen molar-refractivity contribution < 1.29 is 22.0 Å². The Bertz CT molecular complexity index is 901. The number of halogens is 2. The van der Waals surface area contributed by atoms with Crippen molar-refractivity contribution in [2.75, 3.05) is 23.7 Å². The van der Waals surface area contributed by atoms with Crippen LogP contribution in [-0.4, -0.2) is 33.7 Å². The van der Waals surface area contributed by atoms with E-state index in [0.717, 1.165) is 33.8 Å². The second-order valence-electron chi connectivity index (χ2n) is 5.88. The highest BCUT2D eigenvalue weighted by molar-refractivity contribution is 7.92. The monoisotopic (exact) mass is 382 g/mol. The first-order chi connectivity index (χ1) is 12.2. The van der Waals surface area contributed by atoms with Gasteiger partial charge in [-0.3, -0.25) is 9.10 Å². The minimum Gasteiger partial charge on any atom is -0.354 e. The summed E-state index contributed by atoms with van der Waals surface area (Å²) in [6.07, 6.45) is 1.08. The number of rotatable bonds is 7. The van der Waals surface area contributed by atoms with E-state index >= 15 is 0 Å². The van der Waals surface area contributed by atoms with Crippen LogP contribution < -0.4 is 9.62 Å². The molecule has 0 aliphatic carbocycles. The van der Waals surface area contributed by atoms with E-state index in [0.29, 0.717) is 6.07 Å². The van der Waals surface area contributed by atoms with Gasteiger partial charge in [0.2, 0.25) is 15.9 Å². The molecular formula is C18H20F2N2O3S. The zero-order valence-electron chi connectivity index (χ0n) is 14.5. The van der Waals surface area contributed by atoms with Gasteiger partial charge in [-0.2, -0.15) is 0 Å². The zero-order valence-corrected chi connectivity index (χ0v) is 15.3. The van der Waals surface area contributed by atoms with Crippen LogP contribution in [0.2, 0.25) is 0 Å². The Morgan fingerprint density at radius 1 is 1.15 bits per heavy atom. The summed E-state index contributed by atoms with van der Waals surface area (Å²) < 4.78 is 51.6. The molecule has 0 bridgehead atoms. The number of hydrogen-bond acceptors (Lipinski definition) is 3. The lowest BCUT2D eigenvalue weighted by Gasteiger charge is -2.23. The average molecular weight is 382 g/mol. The van der Waals surface area contributed by atoms with Gasteiger partial charge in [-0.25, -0.2) is 17.2 Å². The van der Waals surface area contributed by atoms with E-state index in [2.05, 4.69) is 5.32 Å². The Morgan fingerprint density at radius 3 is 2.46 bits per heavy atom. The van der Waals surface area contributed by atoms with E-state index in [1.807, 2.05) is 31.2 Å². The highest BCUT2D eigenvalue weighted by atomic mass is 32.2. The van der Waals surface area contributed by atoms with Gasteiger partial charge in [0.25, 0.3) is 0 Å². The Kier molecular flexibility index (Phi) is 6.31. The van der Waals surface area contributed by atoms with Gasteiger partial charge < -0.3 is 5.32 Å². The average Bonchev–Trinajstić information content (AvgIpc) is 2.54. The van der Waals surface area contributed by atoms with E-state index in [4.69, 9.17) is 0 Å². The number of sulfonamides is 1. The molecule has 0 spiro atoms. The highest BCUT2D eigenvalue weighted by Crippen LogP contribution is 2.22. The minimum atomic E-state index is -3.80. The molecule has 0 atom stereocenters. The van der Waals surface area contributed by atoms with Gasteiger partial charge in [-0.1, -0.05) is 24.3 Å². The molecule has 140 valence electrons. The third-order valence-corrected chi connectivity index (χ3v) is 5.01. The number of carbonyl (C=O) groups is 1. The van der Waals surface area contributed by atoms with Gasteiger partial charge in [0.1, 0.15) is 11.6 Å². The second-order valence-corrected chi connectivity index (χ2v) is 7.79. The van der Waals surface area contributed by atoms with Crippen LogP contribution >= 0.6 is 0 Å². The summed E-state index contributed by atoms with van der Waals surface area (Å²) in [5.74, 6) is -2.06. The van der Waals surface area contributed by atoms with Gasteiger partial charge in [0.05, 0.1) is 24.9 Å². The molecule has 0 aliphatic heterocycles. The molecule has 2 aromatic rings. The summed E-state index contributed by atoms with van der Waals surface area (Å²) in [4.78, 5) is 12.0. The molecule has 1 amide bonds. The van der Waals surface area contributed by atoms with E-state index in [-0.39, 0.29) is 31.1 Å². The van der Waals surface area contributed by atoms with E-state index in [1.165, 1.54) is 0 Å². The van der Waals surface area contributed by atoms with Crippen molar-refractivity contribution in [3.63, 3.8) is 0 Å². The van der Waals surface area contributed by atoms with E-state index < -0.39 is 21.7 Å². The van der Waals surface area contributed by atoms with Crippen LogP contribution in [0, 0.1) is 18.6 Å². The summed E-state index contributed by atoms with van der Waals surface area (Å²) in [5, 5.41) is 2.62. The van der Waals surface area contributed by atoms with Gasteiger partial charge in [0.15, 0.2) is 0 Å². The third kappa shape index (κ3) is 5.26. The SMILES string of the molecule is Cc1ccccc1CC(=O)NCCN(c1ccc(F)cc1F)S(C)(=O)=O. The third-order valence-electron chi connectivity index (χ3n) is 3.83. The Hall–Kier alpha value is -2.48. The van der Waals surface area contributed by atoms with Gasteiger partial charge >= 0.3 is 0 Å². The molecule has 0 saturated carbocycles. The Labute approximate surface area is 151 Å². The van der Waals surface area contributed by atoms with E-state index in [1.54, 1.807) is 0 Å². The molecule has 0 radical (unpaired) electrons. The first kappa shape index (κ1) is 19.8. The van der Waals surface area contributed by atoms with Crippen LogP contribution in [0.1, 0.15) is 11.1 Å². The number of amides is 1. The molecule has 0 aromatic heterocycles. The molecule has 5 nitrogen and oxygen atoms in total. The lowest BCUT2D eigenvalue weighted by atomic mass is 10.1. The fourth-order valence-corrected chi connectivity index (χ4v) is 3.42. The van der Waals surface area contributed by atoms with Crippen molar-refractivity contribution in [2.24, 2.45) is 0 Å². The largest absolute Gasteiger partial charge is 0.354 e. The number of aryl methyl sites for hydroxylation is 1. The van der Waals surface area contributed by atoms with Crippen molar-refractivity contribution in [1.82, 2.24) is 5.32 Å². The Balaban J connectivity index is 2.02. The van der Waals surface area contributed by atoms with Crippen LogP contribution in [0.5, 0.6) is 0 Å². The molecule has 1 N–H and O–H groups in total. The lowest BCUT2D eigenvalue weighted by molar-refractivity contribution is -0.120. The quantitative estimate of drug-likeness (QED) is 0.800. The number of nitrogens with one attached hydrogen (secondary N) is 1. The number of benzene rings is 2. The Morgan fingerprint density at radius 2 is 1.85 bits per heavy atom. The fourth-order valence-electron chi connectivity index (χ4n) is 2.49. The van der Waals surface area contributed by atoms with Crippen molar-refractivity contribution in [1.29, 1.82) is 0 Å². The van der Waals surface area contributed by atoms with Crippen molar-refractivity contribution in [3.8, 4) is 0 Å². The first-order valence-corrected chi connectivity index (χ1v) is 9.77. The van der Waals surface area contributed by atoms with Gasteiger partial charge in [-0.05, 0) is 30.2 Å². The number of hydrogen-bond donors (Lipinski definition) is 1. The van der Waals surface area contributed by atoms with Gasteiger partial charge in [0, 0.05) is 12.6 Å². The smallest absolute Gasteiger partial charge is 0.232 e. The fraction of sp³-hybridized carbons (Fsp3) is 0.278. The number of nitrogens with zero attached hydrogens (tertiary/aromatic N) is 1. The topological polar surface area (TPSA) is 66.5 Å². The highest BCUT2D eigenvalue weighted by Gasteiger charge is 2.21. The van der Waals surface area contributed by atoms with Crippen LogP contribution in [0.3, 0.4) is 0 Å². The maximum atomic E-state index is 13.9. The van der Waals surface area contributed by atoms with Crippen LogP contribution in [0.25, 0.3) is 0 Å². The summed E-state index contributed by atoms with van der Waals surface area (Å²) >= 11 is 0. The molecule has 0 aliphatic rings. The van der Waals surface area contributed by atoms with Crippen molar-refractivity contribution >= 4 is 21.6 Å². The molecule has 0 unspecified atom stereocenters. The molecule has 8 heteroatoms. The van der Waals surface area contributed by atoms with Crippen molar-refractivity contribution in [3.05, 3.63) is 65.2 Å². The van der Waals surface area contributed by atoms with E-state index in [9.17, 15) is 22.0 Å². The van der Waals surface area contributed by atoms with Gasteiger partial charge in [-0.15, -0.1) is 0 Å². The van der Waals surface area contributed by atoms with Crippen LogP contribution in [0.4, 0.5) is 14.5 Å². The van der Waals surface area contributed by atoms with Crippen LogP contribution in [-0.2, 0) is 21.2 Å². The number of carbonyl (C=O) groups excluding carboxylic acids is 1. The molecule has 0 fully saturated rings. The maximum absolute atomic E-state index is 13.9. The second kappa shape index (κ2) is 8.27. The standard InChI is InChI=1S/C18H20F2N2O3S/c1-13-5-3-4-6-14(13)11-18(23)21-9-10-22(26(2,24)25)17-8-7-15(19)12-16(17)20/h3-8,12H,9-11H2,1-2H3,(H,21,23). The first-order valence-electron chi connectivity index (χ1n) is 7.92. The molecule has 0 saturated heterocycles. The molecule has 26 heavy (non-hydrogen) atoms. The lowest BCUT2D eigenvalue weighted by Crippen LogP contribution is -2.39. The predicted molar refractivity (Wildman–Crippen MR) is 96.4 cm³/mol.